The Balaban J connectivity index is 4.24. The minimum absolute atomic E-state index is 0.0319. The molecule has 0 aromatic rings. The molecule has 0 unspecified atom stereocenters. The van der Waals surface area contributed by atoms with Crippen molar-refractivity contribution < 1.29 is 14.7 Å². The Labute approximate surface area is 96.4 Å². The SMILES string of the molecule is CC(C)[C@@H](N)C(=O)NC(C)(C)CCC(=O)O. The van der Waals surface area contributed by atoms with Crippen molar-refractivity contribution in [3.05, 3.63) is 0 Å². The van der Waals surface area contributed by atoms with Crippen molar-refractivity contribution in [1.82, 2.24) is 5.32 Å². The number of carboxylic acid groups (broad SMARTS) is 1. The first-order valence-electron chi connectivity index (χ1n) is 5.45. The highest BCUT2D eigenvalue weighted by Crippen LogP contribution is 2.12. The van der Waals surface area contributed by atoms with Crippen LogP contribution in [0.2, 0.25) is 0 Å². The highest BCUT2D eigenvalue weighted by Gasteiger charge is 2.25. The number of aliphatic carboxylic acids is 1. The van der Waals surface area contributed by atoms with Crippen LogP contribution in [0.1, 0.15) is 40.5 Å². The van der Waals surface area contributed by atoms with Crippen LogP contribution in [-0.4, -0.2) is 28.6 Å². The van der Waals surface area contributed by atoms with Crippen LogP contribution in [0.5, 0.6) is 0 Å². The summed E-state index contributed by atoms with van der Waals surface area (Å²) in [5.41, 5.74) is 5.16. The van der Waals surface area contributed by atoms with E-state index in [0.29, 0.717) is 6.42 Å². The molecule has 0 radical (unpaired) electrons. The molecule has 0 fully saturated rings. The van der Waals surface area contributed by atoms with Crippen LogP contribution in [-0.2, 0) is 9.59 Å². The van der Waals surface area contributed by atoms with E-state index in [4.69, 9.17) is 10.8 Å². The Bertz CT molecular complexity index is 262. The van der Waals surface area contributed by atoms with Crippen molar-refractivity contribution in [3.63, 3.8) is 0 Å². The fourth-order valence-corrected chi connectivity index (χ4v) is 1.20. The number of hydrogen-bond donors (Lipinski definition) is 3. The van der Waals surface area contributed by atoms with Crippen LogP contribution < -0.4 is 11.1 Å². The van der Waals surface area contributed by atoms with E-state index in [1.807, 2.05) is 13.8 Å². The Hall–Kier alpha value is -1.10. The van der Waals surface area contributed by atoms with Crippen molar-refractivity contribution >= 4 is 11.9 Å². The highest BCUT2D eigenvalue weighted by molar-refractivity contribution is 5.82. The molecule has 0 saturated heterocycles. The minimum atomic E-state index is -0.865. The van der Waals surface area contributed by atoms with E-state index in [1.165, 1.54) is 0 Å². The third-order valence-corrected chi connectivity index (χ3v) is 2.45. The summed E-state index contributed by atoms with van der Waals surface area (Å²) in [7, 11) is 0. The van der Waals surface area contributed by atoms with E-state index in [1.54, 1.807) is 13.8 Å². The fourth-order valence-electron chi connectivity index (χ4n) is 1.20. The van der Waals surface area contributed by atoms with Crippen molar-refractivity contribution in [2.24, 2.45) is 11.7 Å². The molecule has 0 rings (SSSR count). The van der Waals surface area contributed by atoms with Crippen LogP contribution in [0, 0.1) is 5.92 Å². The lowest BCUT2D eigenvalue weighted by atomic mass is 9.96. The largest absolute Gasteiger partial charge is 0.481 e. The predicted octanol–water partition coefficient (Wildman–Crippen LogP) is 0.729. The van der Waals surface area contributed by atoms with Gasteiger partial charge in [0.05, 0.1) is 6.04 Å². The van der Waals surface area contributed by atoms with Gasteiger partial charge in [-0.1, -0.05) is 13.8 Å². The molecule has 4 N–H and O–H groups in total. The second-order valence-electron chi connectivity index (χ2n) is 5.04. The zero-order chi connectivity index (χ0) is 12.9. The van der Waals surface area contributed by atoms with Crippen LogP contribution in [0.4, 0.5) is 0 Å². The number of carbonyl (C=O) groups excluding carboxylic acids is 1. The number of nitrogens with two attached hydrogens (primary N) is 1. The number of nitrogens with one attached hydrogen (secondary N) is 1. The molecule has 0 aliphatic carbocycles. The molecular formula is C11H22N2O3. The maximum atomic E-state index is 11.7. The molecule has 5 nitrogen and oxygen atoms in total. The molecule has 1 amide bonds. The van der Waals surface area contributed by atoms with Crippen molar-refractivity contribution in [2.75, 3.05) is 0 Å². The van der Waals surface area contributed by atoms with Gasteiger partial charge in [-0.05, 0) is 26.2 Å². The molecule has 0 spiro atoms. The van der Waals surface area contributed by atoms with Crippen LogP contribution in [0.3, 0.4) is 0 Å². The molecule has 0 aliphatic heterocycles. The summed E-state index contributed by atoms with van der Waals surface area (Å²) in [4.78, 5) is 22.1. The maximum absolute atomic E-state index is 11.7. The van der Waals surface area contributed by atoms with E-state index < -0.39 is 17.6 Å². The first-order valence-corrected chi connectivity index (χ1v) is 5.45. The van der Waals surface area contributed by atoms with Gasteiger partial charge in [0.2, 0.25) is 5.91 Å². The Morgan fingerprint density at radius 3 is 2.25 bits per heavy atom. The Morgan fingerprint density at radius 1 is 1.38 bits per heavy atom. The number of hydrogen-bond acceptors (Lipinski definition) is 3. The average molecular weight is 230 g/mol. The summed E-state index contributed by atoms with van der Waals surface area (Å²) in [6.45, 7) is 7.32. The summed E-state index contributed by atoms with van der Waals surface area (Å²) in [6, 6.07) is -0.552. The van der Waals surface area contributed by atoms with Crippen molar-refractivity contribution in [3.8, 4) is 0 Å². The molecule has 94 valence electrons. The summed E-state index contributed by atoms with van der Waals surface area (Å²) in [6.07, 6.45) is 0.420. The molecule has 0 aromatic heterocycles. The molecule has 0 aromatic carbocycles. The van der Waals surface area contributed by atoms with E-state index in [2.05, 4.69) is 5.32 Å². The quantitative estimate of drug-likeness (QED) is 0.627. The van der Waals surface area contributed by atoms with E-state index >= 15 is 0 Å². The molecule has 0 saturated carbocycles. The first-order chi connectivity index (χ1) is 7.15. The molecule has 1 atom stereocenters. The smallest absolute Gasteiger partial charge is 0.303 e. The van der Waals surface area contributed by atoms with E-state index in [0.717, 1.165) is 0 Å². The van der Waals surface area contributed by atoms with Gasteiger partial charge in [-0.25, -0.2) is 0 Å². The molecule has 0 aliphatic rings. The summed E-state index contributed by atoms with van der Waals surface area (Å²) < 4.78 is 0. The number of rotatable bonds is 6. The van der Waals surface area contributed by atoms with Gasteiger partial charge in [0.15, 0.2) is 0 Å². The van der Waals surface area contributed by atoms with Gasteiger partial charge in [-0.3, -0.25) is 9.59 Å². The highest BCUT2D eigenvalue weighted by atomic mass is 16.4. The van der Waals surface area contributed by atoms with Gasteiger partial charge >= 0.3 is 5.97 Å². The number of amides is 1. The van der Waals surface area contributed by atoms with Gasteiger partial charge in [0.1, 0.15) is 0 Å². The zero-order valence-corrected chi connectivity index (χ0v) is 10.4. The van der Waals surface area contributed by atoms with Gasteiger partial charge in [-0.15, -0.1) is 0 Å². The van der Waals surface area contributed by atoms with E-state index in [-0.39, 0.29) is 18.2 Å². The second kappa shape index (κ2) is 5.84. The Kier molecular flexibility index (Phi) is 5.44. The monoisotopic (exact) mass is 230 g/mol. The lowest BCUT2D eigenvalue weighted by molar-refractivity contribution is -0.138. The van der Waals surface area contributed by atoms with Gasteiger partial charge in [-0.2, -0.15) is 0 Å². The molecule has 5 heteroatoms. The predicted molar refractivity (Wildman–Crippen MR) is 61.9 cm³/mol. The summed E-state index contributed by atoms with van der Waals surface area (Å²) in [5, 5.41) is 11.3. The first kappa shape index (κ1) is 14.9. The minimum Gasteiger partial charge on any atom is -0.481 e. The third kappa shape index (κ3) is 5.70. The van der Waals surface area contributed by atoms with Crippen molar-refractivity contribution in [1.29, 1.82) is 0 Å². The molecule has 16 heavy (non-hydrogen) atoms. The Morgan fingerprint density at radius 2 is 1.88 bits per heavy atom. The molecule has 0 bridgehead atoms. The lowest BCUT2D eigenvalue weighted by Crippen LogP contribution is -2.52. The van der Waals surface area contributed by atoms with Crippen molar-refractivity contribution in [2.45, 2.75) is 52.1 Å². The van der Waals surface area contributed by atoms with Gasteiger partial charge < -0.3 is 16.2 Å². The van der Waals surface area contributed by atoms with Crippen LogP contribution >= 0.6 is 0 Å². The average Bonchev–Trinajstić information content (AvgIpc) is 2.12. The van der Waals surface area contributed by atoms with E-state index in [9.17, 15) is 9.59 Å². The maximum Gasteiger partial charge on any atom is 0.303 e. The third-order valence-electron chi connectivity index (χ3n) is 2.45. The van der Waals surface area contributed by atoms with Crippen LogP contribution in [0.15, 0.2) is 0 Å². The number of carbonyl (C=O) groups is 2. The number of carboxylic acids is 1. The van der Waals surface area contributed by atoms with Crippen LogP contribution in [0.25, 0.3) is 0 Å². The normalized spacial score (nSPS) is 13.6. The zero-order valence-electron chi connectivity index (χ0n) is 10.4. The standard InChI is InChI=1S/C11H22N2O3/c1-7(2)9(12)10(16)13-11(3,4)6-5-8(14)15/h7,9H,5-6,12H2,1-4H3,(H,13,16)(H,14,15)/t9-/m1/s1. The fraction of sp³-hybridized carbons (Fsp3) is 0.818. The van der Waals surface area contributed by atoms with Gasteiger partial charge in [0.25, 0.3) is 0 Å². The van der Waals surface area contributed by atoms with Gasteiger partial charge in [0, 0.05) is 12.0 Å². The second-order valence-corrected chi connectivity index (χ2v) is 5.04. The summed E-state index contributed by atoms with van der Waals surface area (Å²) in [5.74, 6) is -1.03. The lowest BCUT2D eigenvalue weighted by Gasteiger charge is -2.28. The topological polar surface area (TPSA) is 92.4 Å². The molecular weight excluding hydrogens is 208 g/mol. The summed E-state index contributed by atoms with van der Waals surface area (Å²) >= 11 is 0. The molecule has 0 heterocycles.